The minimum atomic E-state index is -0.133. The summed E-state index contributed by atoms with van der Waals surface area (Å²) in [6, 6.07) is 8.37. The predicted octanol–water partition coefficient (Wildman–Crippen LogP) is 1.32. The molecule has 0 fully saturated rings. The van der Waals surface area contributed by atoms with Crippen LogP contribution in [0.4, 0.5) is 0 Å². The van der Waals surface area contributed by atoms with Crippen LogP contribution in [0, 0.1) is 6.92 Å². The number of aromatic amines is 1. The Hall–Kier alpha value is -1.94. The summed E-state index contributed by atoms with van der Waals surface area (Å²) in [5, 5.41) is 0. The van der Waals surface area contributed by atoms with E-state index in [9.17, 15) is 4.79 Å². The van der Waals surface area contributed by atoms with Gasteiger partial charge in [0.1, 0.15) is 5.82 Å². The Morgan fingerprint density at radius 3 is 2.56 bits per heavy atom. The molecule has 4 heteroatoms. The number of aryl methyl sites for hydroxylation is 3. The zero-order valence-electron chi connectivity index (χ0n) is 10.4. The van der Waals surface area contributed by atoms with Crippen molar-refractivity contribution in [2.75, 3.05) is 0 Å². The predicted molar refractivity (Wildman–Crippen MR) is 71.3 cm³/mol. The van der Waals surface area contributed by atoms with Crippen LogP contribution in [0.15, 0.2) is 35.3 Å². The number of nitrogens with one attached hydrogen (secondary N) is 1. The fraction of sp³-hybridized carbons (Fsp3) is 0.286. The van der Waals surface area contributed by atoms with Crippen LogP contribution in [-0.4, -0.2) is 9.97 Å². The second-order valence-corrected chi connectivity index (χ2v) is 4.37. The molecule has 0 saturated carbocycles. The van der Waals surface area contributed by atoms with Crippen molar-refractivity contribution in [3.8, 4) is 0 Å². The highest BCUT2D eigenvalue weighted by Crippen LogP contribution is 2.05. The molecular formula is C14H17N3O. The van der Waals surface area contributed by atoms with Gasteiger partial charge in [-0.05, 0) is 18.9 Å². The van der Waals surface area contributed by atoms with Gasteiger partial charge in [0.25, 0.3) is 5.56 Å². The Morgan fingerprint density at radius 2 is 1.94 bits per heavy atom. The molecule has 2 rings (SSSR count). The number of nitrogens with two attached hydrogens (primary N) is 1. The van der Waals surface area contributed by atoms with Crippen LogP contribution in [-0.2, 0) is 19.4 Å². The van der Waals surface area contributed by atoms with Gasteiger partial charge in [-0.15, -0.1) is 0 Å². The molecule has 0 unspecified atom stereocenters. The molecule has 2 aromatic rings. The zero-order chi connectivity index (χ0) is 13.0. The van der Waals surface area contributed by atoms with Crippen LogP contribution in [0.2, 0.25) is 0 Å². The van der Waals surface area contributed by atoms with Gasteiger partial charge in [-0.1, -0.05) is 29.8 Å². The van der Waals surface area contributed by atoms with Crippen molar-refractivity contribution in [3.05, 3.63) is 63.3 Å². The van der Waals surface area contributed by atoms with Crippen LogP contribution >= 0.6 is 0 Å². The highest BCUT2D eigenvalue weighted by molar-refractivity contribution is 5.21. The van der Waals surface area contributed by atoms with E-state index in [0.29, 0.717) is 11.4 Å². The summed E-state index contributed by atoms with van der Waals surface area (Å²) in [4.78, 5) is 18.5. The number of benzene rings is 1. The standard InChI is InChI=1S/C14H17N3O/c1-10-2-4-11(5-3-10)6-7-13-16-9-12(8-15)14(18)17-13/h2-5,9H,6-8,15H2,1H3,(H,16,17,18). The molecule has 1 aromatic carbocycles. The van der Waals surface area contributed by atoms with Gasteiger partial charge >= 0.3 is 0 Å². The van der Waals surface area contributed by atoms with Gasteiger partial charge in [-0.2, -0.15) is 0 Å². The van der Waals surface area contributed by atoms with Crippen LogP contribution in [0.5, 0.6) is 0 Å². The van der Waals surface area contributed by atoms with E-state index in [1.165, 1.54) is 11.1 Å². The number of hydrogen-bond acceptors (Lipinski definition) is 3. The fourth-order valence-corrected chi connectivity index (χ4v) is 1.75. The number of H-pyrrole nitrogens is 1. The summed E-state index contributed by atoms with van der Waals surface area (Å²) in [7, 11) is 0. The Morgan fingerprint density at radius 1 is 1.22 bits per heavy atom. The molecule has 0 spiro atoms. The number of hydrogen-bond donors (Lipinski definition) is 2. The summed E-state index contributed by atoms with van der Waals surface area (Å²) in [5.74, 6) is 0.706. The van der Waals surface area contributed by atoms with Gasteiger partial charge in [0, 0.05) is 24.7 Å². The first kappa shape index (κ1) is 12.5. The van der Waals surface area contributed by atoms with E-state index in [1.54, 1.807) is 6.20 Å². The third kappa shape index (κ3) is 3.05. The average molecular weight is 243 g/mol. The Kier molecular flexibility index (Phi) is 3.89. The quantitative estimate of drug-likeness (QED) is 0.850. The maximum atomic E-state index is 11.6. The van der Waals surface area contributed by atoms with Crippen molar-refractivity contribution in [2.24, 2.45) is 5.73 Å². The molecular weight excluding hydrogens is 226 g/mol. The number of nitrogens with zero attached hydrogens (tertiary/aromatic N) is 1. The van der Waals surface area contributed by atoms with Crippen molar-refractivity contribution >= 4 is 0 Å². The van der Waals surface area contributed by atoms with E-state index in [4.69, 9.17) is 5.73 Å². The normalized spacial score (nSPS) is 10.6. The molecule has 0 bridgehead atoms. The van der Waals surface area contributed by atoms with E-state index < -0.39 is 0 Å². The molecule has 1 aromatic heterocycles. The van der Waals surface area contributed by atoms with Crippen molar-refractivity contribution in [2.45, 2.75) is 26.3 Å². The molecule has 18 heavy (non-hydrogen) atoms. The van der Waals surface area contributed by atoms with E-state index >= 15 is 0 Å². The summed E-state index contributed by atoms with van der Waals surface area (Å²) < 4.78 is 0. The Bertz CT molecular complexity index is 572. The lowest BCUT2D eigenvalue weighted by Gasteiger charge is -2.03. The third-order valence-electron chi connectivity index (χ3n) is 2.92. The van der Waals surface area contributed by atoms with Crippen LogP contribution < -0.4 is 11.3 Å². The average Bonchev–Trinajstić information content (AvgIpc) is 2.38. The smallest absolute Gasteiger partial charge is 0.255 e. The van der Waals surface area contributed by atoms with Crippen molar-refractivity contribution in [1.29, 1.82) is 0 Å². The van der Waals surface area contributed by atoms with Gasteiger partial charge in [0.2, 0.25) is 0 Å². The van der Waals surface area contributed by atoms with Gasteiger partial charge in [0.15, 0.2) is 0 Å². The first-order valence-electron chi connectivity index (χ1n) is 6.01. The van der Waals surface area contributed by atoms with E-state index in [-0.39, 0.29) is 12.1 Å². The summed E-state index contributed by atoms with van der Waals surface area (Å²) in [5.41, 5.74) is 8.30. The largest absolute Gasteiger partial charge is 0.326 e. The third-order valence-corrected chi connectivity index (χ3v) is 2.92. The van der Waals surface area contributed by atoms with Crippen LogP contribution in [0.1, 0.15) is 22.5 Å². The highest BCUT2D eigenvalue weighted by atomic mass is 16.1. The second kappa shape index (κ2) is 5.60. The minimum absolute atomic E-state index is 0.133. The topological polar surface area (TPSA) is 71.8 Å². The molecule has 0 radical (unpaired) electrons. The molecule has 0 aliphatic rings. The van der Waals surface area contributed by atoms with Gasteiger partial charge in [-0.3, -0.25) is 4.79 Å². The maximum Gasteiger partial charge on any atom is 0.255 e. The SMILES string of the molecule is Cc1ccc(CCc2ncc(CN)c(=O)[nH]2)cc1. The molecule has 3 N–H and O–H groups in total. The van der Waals surface area contributed by atoms with Gasteiger partial charge < -0.3 is 10.7 Å². The van der Waals surface area contributed by atoms with Crippen LogP contribution in [0.3, 0.4) is 0 Å². The first-order valence-corrected chi connectivity index (χ1v) is 6.01. The Labute approximate surface area is 106 Å². The summed E-state index contributed by atoms with van der Waals surface area (Å²) in [6.45, 7) is 2.29. The monoisotopic (exact) mass is 243 g/mol. The summed E-state index contributed by atoms with van der Waals surface area (Å²) >= 11 is 0. The minimum Gasteiger partial charge on any atom is -0.326 e. The lowest BCUT2D eigenvalue weighted by atomic mass is 10.1. The molecule has 94 valence electrons. The van der Waals surface area contributed by atoms with Gasteiger partial charge in [-0.25, -0.2) is 4.98 Å². The summed E-state index contributed by atoms with van der Waals surface area (Å²) in [6.07, 6.45) is 3.15. The van der Waals surface area contributed by atoms with Crippen molar-refractivity contribution < 1.29 is 0 Å². The van der Waals surface area contributed by atoms with Crippen molar-refractivity contribution in [3.63, 3.8) is 0 Å². The fourth-order valence-electron chi connectivity index (χ4n) is 1.75. The van der Waals surface area contributed by atoms with Crippen molar-refractivity contribution in [1.82, 2.24) is 9.97 Å². The highest BCUT2D eigenvalue weighted by Gasteiger charge is 2.01. The maximum absolute atomic E-state index is 11.6. The first-order chi connectivity index (χ1) is 8.69. The molecule has 4 nitrogen and oxygen atoms in total. The zero-order valence-corrected chi connectivity index (χ0v) is 10.4. The number of aromatic nitrogens is 2. The van der Waals surface area contributed by atoms with E-state index in [1.807, 2.05) is 0 Å². The van der Waals surface area contributed by atoms with E-state index in [0.717, 1.165) is 12.8 Å². The van der Waals surface area contributed by atoms with E-state index in [2.05, 4.69) is 41.2 Å². The molecule has 0 aliphatic heterocycles. The Balaban J connectivity index is 2.04. The lowest BCUT2D eigenvalue weighted by molar-refractivity contribution is 0.829. The molecule has 0 atom stereocenters. The molecule has 1 heterocycles. The van der Waals surface area contributed by atoms with Gasteiger partial charge in [0.05, 0.1) is 0 Å². The lowest BCUT2D eigenvalue weighted by Crippen LogP contribution is -2.19. The molecule has 0 aliphatic carbocycles. The molecule has 0 amide bonds. The van der Waals surface area contributed by atoms with Crippen LogP contribution in [0.25, 0.3) is 0 Å². The molecule has 0 saturated heterocycles. The second-order valence-electron chi connectivity index (χ2n) is 4.37. The number of rotatable bonds is 4.